The summed E-state index contributed by atoms with van der Waals surface area (Å²) < 4.78 is 68.8. The van der Waals surface area contributed by atoms with Crippen molar-refractivity contribution >= 4 is 59.8 Å². The fraction of sp³-hybridized carbons (Fsp3) is 0.200. The Morgan fingerprint density at radius 2 is 1.44 bits per heavy atom. The van der Waals surface area contributed by atoms with Gasteiger partial charge in [0.1, 0.15) is 5.75 Å². The molecule has 4 aromatic carbocycles. The Labute approximate surface area is 259 Å². The number of carbonyl (C=O) groups excluding carboxylic acids is 1. The highest BCUT2D eigenvalue weighted by atomic mass is 32.2. The van der Waals surface area contributed by atoms with Crippen LogP contribution in [0.4, 0.5) is 17.1 Å². The molecule has 0 aromatic heterocycles. The van der Waals surface area contributed by atoms with Gasteiger partial charge in [-0.2, -0.15) is 0 Å². The minimum Gasteiger partial charge on any atom is -0.495 e. The maximum atomic E-state index is 13.6. The van der Waals surface area contributed by atoms with E-state index in [-0.39, 0.29) is 57.3 Å². The summed E-state index contributed by atoms with van der Waals surface area (Å²) >= 11 is 0. The number of benzene rings is 4. The molecule has 238 valence electrons. The van der Waals surface area contributed by atoms with Crippen LogP contribution >= 0.6 is 0 Å². The van der Waals surface area contributed by atoms with Crippen molar-refractivity contribution in [1.29, 1.82) is 0 Å². The van der Waals surface area contributed by atoms with Gasteiger partial charge in [-0.3, -0.25) is 19.0 Å². The van der Waals surface area contributed by atoms with E-state index in [0.717, 1.165) is 0 Å². The van der Waals surface area contributed by atoms with Crippen LogP contribution < -0.4 is 19.5 Å². The Morgan fingerprint density at radius 1 is 0.800 bits per heavy atom. The fourth-order valence-electron chi connectivity index (χ4n) is 4.39. The molecule has 5 N–H and O–H groups in total. The number of methoxy groups -OCH3 is 2. The Morgan fingerprint density at radius 3 is 2.09 bits per heavy atom. The first kappa shape index (κ1) is 33.2. The molecule has 0 fully saturated rings. The average molecular weight is 658 g/mol. The first-order valence-corrected chi connectivity index (χ1v) is 16.4. The summed E-state index contributed by atoms with van der Waals surface area (Å²) in [6.07, 6.45) is -1.44. The van der Waals surface area contributed by atoms with Gasteiger partial charge in [0.15, 0.2) is 6.29 Å². The molecule has 45 heavy (non-hydrogen) atoms. The largest absolute Gasteiger partial charge is 0.495 e. The first-order valence-electron chi connectivity index (χ1n) is 13.4. The number of ether oxygens (including phenoxy) is 2. The molecule has 0 bridgehead atoms. The minimum absolute atomic E-state index is 0.107. The van der Waals surface area contributed by atoms with Gasteiger partial charge in [0.25, 0.3) is 20.0 Å². The molecular weight excluding hydrogens is 626 g/mol. The first-order chi connectivity index (χ1) is 21.3. The Bertz CT molecular complexity index is 1930. The molecule has 0 saturated heterocycles. The van der Waals surface area contributed by atoms with E-state index in [9.17, 15) is 31.5 Å². The van der Waals surface area contributed by atoms with Crippen molar-refractivity contribution in [3.05, 3.63) is 84.4 Å². The molecule has 0 saturated carbocycles. The third kappa shape index (κ3) is 8.27. The number of hydrogen-bond donors (Lipinski definition) is 5. The molecule has 15 heteroatoms. The predicted molar refractivity (Wildman–Crippen MR) is 167 cm³/mol. The van der Waals surface area contributed by atoms with Crippen LogP contribution in [0.15, 0.2) is 88.7 Å². The lowest BCUT2D eigenvalue weighted by Gasteiger charge is -2.17. The van der Waals surface area contributed by atoms with Crippen molar-refractivity contribution < 1.29 is 46.1 Å². The van der Waals surface area contributed by atoms with Gasteiger partial charge in [0.05, 0.1) is 34.7 Å². The lowest BCUT2D eigenvalue weighted by molar-refractivity contribution is -0.138. The molecule has 4 rings (SSSR count). The molecule has 0 spiro atoms. The highest BCUT2D eigenvalue weighted by Crippen LogP contribution is 2.34. The predicted octanol–water partition coefficient (Wildman–Crippen LogP) is 3.76. The van der Waals surface area contributed by atoms with E-state index in [1.165, 1.54) is 56.7 Å². The van der Waals surface area contributed by atoms with Crippen LogP contribution in [-0.2, 0) is 40.8 Å². The summed E-state index contributed by atoms with van der Waals surface area (Å²) in [7, 11) is -5.60. The molecule has 0 aliphatic heterocycles. The van der Waals surface area contributed by atoms with Gasteiger partial charge in [-0.25, -0.2) is 16.8 Å². The van der Waals surface area contributed by atoms with Crippen LogP contribution in [0.2, 0.25) is 0 Å². The van der Waals surface area contributed by atoms with Gasteiger partial charge >= 0.3 is 5.97 Å². The molecule has 13 nitrogen and oxygen atoms in total. The molecule has 1 atom stereocenters. The zero-order valence-corrected chi connectivity index (χ0v) is 25.8. The zero-order chi connectivity index (χ0) is 32.8. The van der Waals surface area contributed by atoms with Crippen LogP contribution in [0.3, 0.4) is 0 Å². The minimum atomic E-state index is -4.20. The van der Waals surface area contributed by atoms with Crippen LogP contribution in [0.25, 0.3) is 10.8 Å². The van der Waals surface area contributed by atoms with E-state index in [4.69, 9.17) is 14.6 Å². The Kier molecular flexibility index (Phi) is 10.3. The third-order valence-corrected chi connectivity index (χ3v) is 9.43. The molecule has 0 radical (unpaired) electrons. The maximum absolute atomic E-state index is 13.6. The second-order valence-corrected chi connectivity index (χ2v) is 13.1. The number of sulfonamides is 2. The lowest BCUT2D eigenvalue weighted by atomic mass is 10.1. The van der Waals surface area contributed by atoms with Crippen molar-refractivity contribution in [2.75, 3.05) is 29.0 Å². The van der Waals surface area contributed by atoms with Crippen molar-refractivity contribution in [1.82, 2.24) is 0 Å². The van der Waals surface area contributed by atoms with Crippen LogP contribution in [0, 0.1) is 0 Å². The third-order valence-electron chi connectivity index (χ3n) is 6.62. The number of fused-ring (bicyclic) bond motifs is 1. The monoisotopic (exact) mass is 657 g/mol. The quantitative estimate of drug-likeness (QED) is 0.125. The van der Waals surface area contributed by atoms with Crippen molar-refractivity contribution in [3.8, 4) is 5.75 Å². The highest BCUT2D eigenvalue weighted by molar-refractivity contribution is 7.93. The second-order valence-electron chi connectivity index (χ2n) is 9.76. The van der Waals surface area contributed by atoms with Crippen molar-refractivity contribution in [2.24, 2.45) is 0 Å². The number of amides is 1. The van der Waals surface area contributed by atoms with Crippen LogP contribution in [0.1, 0.15) is 18.4 Å². The SMILES string of the molecule is COc1cc(CC(O)OC)ccc1NS(=O)(=O)c1ccc(NS(=O)(=O)c2ccc(NC(=O)CCC(=O)O)cc2)c2ccccc12. The summed E-state index contributed by atoms with van der Waals surface area (Å²) in [4.78, 5) is 22.3. The molecule has 4 aromatic rings. The van der Waals surface area contributed by atoms with Gasteiger partial charge in [-0.1, -0.05) is 30.3 Å². The molecule has 1 amide bonds. The normalized spacial score (nSPS) is 12.3. The molecule has 0 aliphatic carbocycles. The number of aliphatic hydroxyl groups excluding tert-OH is 1. The molecule has 1 unspecified atom stereocenters. The highest BCUT2D eigenvalue weighted by Gasteiger charge is 2.23. The number of aliphatic carboxylic acids is 1. The summed E-state index contributed by atoms with van der Waals surface area (Å²) in [5, 5.41) is 21.6. The van der Waals surface area contributed by atoms with E-state index in [1.54, 1.807) is 36.4 Å². The van der Waals surface area contributed by atoms with Crippen molar-refractivity contribution in [3.63, 3.8) is 0 Å². The van der Waals surface area contributed by atoms with E-state index in [1.807, 2.05) is 0 Å². The number of aliphatic hydroxyl groups is 1. The summed E-state index contributed by atoms with van der Waals surface area (Å²) in [6, 6.07) is 19.0. The van der Waals surface area contributed by atoms with Gasteiger partial charge in [0, 0.05) is 36.4 Å². The maximum Gasteiger partial charge on any atom is 0.303 e. The van der Waals surface area contributed by atoms with Crippen molar-refractivity contribution in [2.45, 2.75) is 35.3 Å². The van der Waals surface area contributed by atoms with E-state index >= 15 is 0 Å². The standard InChI is InChI=1S/C30H31N3O10S2/c1-42-26-17-19(18-30(37)43-2)7-12-25(26)33-45(40,41)27-14-13-24(22-5-3-4-6-23(22)27)32-44(38,39)21-10-8-20(9-11-21)31-28(34)15-16-29(35)36/h3-14,17,30,32-33,37H,15-16,18H2,1-2H3,(H,31,34)(H,35,36). The summed E-state index contributed by atoms with van der Waals surface area (Å²) in [5.41, 5.74) is 1.23. The number of hydrogen-bond acceptors (Lipinski definition) is 9. The fourth-order valence-corrected chi connectivity index (χ4v) is 6.75. The zero-order valence-electron chi connectivity index (χ0n) is 24.2. The van der Waals surface area contributed by atoms with E-state index in [0.29, 0.717) is 10.9 Å². The molecule has 0 aliphatic rings. The Hall–Kier alpha value is -4.70. The molecular formula is C30H31N3O10S2. The number of nitrogens with one attached hydrogen (secondary N) is 3. The summed E-state index contributed by atoms with van der Waals surface area (Å²) in [6.45, 7) is 0. The van der Waals surface area contributed by atoms with Crippen LogP contribution in [-0.4, -0.2) is 59.4 Å². The summed E-state index contributed by atoms with van der Waals surface area (Å²) in [5.74, 6) is -1.42. The van der Waals surface area contributed by atoms with Crippen LogP contribution in [0.5, 0.6) is 5.75 Å². The molecule has 0 heterocycles. The second kappa shape index (κ2) is 13.9. The average Bonchev–Trinajstić information content (AvgIpc) is 3.00. The lowest BCUT2D eigenvalue weighted by Crippen LogP contribution is -2.16. The topological polar surface area (TPSA) is 197 Å². The number of carbonyl (C=O) groups is 2. The Balaban J connectivity index is 1.58. The van der Waals surface area contributed by atoms with E-state index in [2.05, 4.69) is 14.8 Å². The number of carboxylic acid groups (broad SMARTS) is 1. The van der Waals surface area contributed by atoms with Gasteiger partial charge < -0.3 is 25.0 Å². The smallest absolute Gasteiger partial charge is 0.303 e. The van der Waals surface area contributed by atoms with Gasteiger partial charge in [0.2, 0.25) is 5.91 Å². The van der Waals surface area contributed by atoms with Gasteiger partial charge in [-0.05, 0) is 54.1 Å². The number of rotatable bonds is 14. The van der Waals surface area contributed by atoms with Gasteiger partial charge in [-0.15, -0.1) is 0 Å². The van der Waals surface area contributed by atoms with E-state index < -0.39 is 38.2 Å². The number of anilines is 3. The number of carboxylic acids is 1.